The van der Waals surface area contributed by atoms with Crippen molar-refractivity contribution in [2.24, 2.45) is 0 Å². The van der Waals surface area contributed by atoms with Crippen LogP contribution in [-0.4, -0.2) is 25.3 Å². The van der Waals surface area contributed by atoms with Gasteiger partial charge in [0, 0.05) is 6.54 Å². The summed E-state index contributed by atoms with van der Waals surface area (Å²) in [6, 6.07) is 0. The van der Waals surface area contributed by atoms with Gasteiger partial charge in [0.25, 0.3) is 0 Å². The summed E-state index contributed by atoms with van der Waals surface area (Å²) in [6.45, 7) is 8.56. The summed E-state index contributed by atoms with van der Waals surface area (Å²) in [6.07, 6.45) is 6.66. The summed E-state index contributed by atoms with van der Waals surface area (Å²) >= 11 is 0. The molecule has 14 heavy (non-hydrogen) atoms. The minimum absolute atomic E-state index is 0.374. The third-order valence-electron chi connectivity index (χ3n) is 2.74. The van der Waals surface area contributed by atoms with Crippen LogP contribution in [0.5, 0.6) is 0 Å². The van der Waals surface area contributed by atoms with Gasteiger partial charge in [0.1, 0.15) is 0 Å². The Morgan fingerprint density at radius 3 is 2.71 bits per heavy atom. The van der Waals surface area contributed by atoms with Crippen molar-refractivity contribution in [2.45, 2.75) is 52.2 Å². The first kappa shape index (κ1) is 11.7. The van der Waals surface area contributed by atoms with E-state index >= 15 is 0 Å². The van der Waals surface area contributed by atoms with E-state index in [9.17, 15) is 0 Å². The molecule has 0 saturated carbocycles. The van der Waals surface area contributed by atoms with Gasteiger partial charge in [0.2, 0.25) is 0 Å². The molecule has 2 unspecified atom stereocenters. The second-order valence-electron chi connectivity index (χ2n) is 4.02. The van der Waals surface area contributed by atoms with Gasteiger partial charge < -0.3 is 10.1 Å². The molecule has 1 aliphatic heterocycles. The van der Waals surface area contributed by atoms with Crippen molar-refractivity contribution in [3.8, 4) is 0 Å². The smallest absolute Gasteiger partial charge is 0.0763 e. The average Bonchev–Trinajstić information content (AvgIpc) is 2.58. The lowest BCUT2D eigenvalue weighted by atomic mass is 10.1. The van der Waals surface area contributed by atoms with E-state index in [0.717, 1.165) is 19.5 Å². The first-order chi connectivity index (χ1) is 6.76. The topological polar surface area (TPSA) is 21.3 Å². The fraction of sp³-hybridized carbons (Fsp3) is 0.833. The molecule has 1 aliphatic rings. The molecule has 2 atom stereocenters. The van der Waals surface area contributed by atoms with Gasteiger partial charge in [0.05, 0.1) is 12.2 Å². The van der Waals surface area contributed by atoms with Crippen LogP contribution < -0.4 is 5.32 Å². The van der Waals surface area contributed by atoms with E-state index in [1.54, 1.807) is 0 Å². The molecule has 0 aliphatic carbocycles. The monoisotopic (exact) mass is 197 g/mol. The molecule has 0 amide bonds. The molecule has 0 spiro atoms. The number of ether oxygens (including phenoxy) is 1. The van der Waals surface area contributed by atoms with Crippen molar-refractivity contribution in [2.75, 3.05) is 13.1 Å². The van der Waals surface area contributed by atoms with E-state index in [1.807, 2.05) is 0 Å². The molecule has 1 N–H and O–H groups in total. The minimum atomic E-state index is 0.374. The molecule has 1 saturated heterocycles. The van der Waals surface area contributed by atoms with Crippen molar-refractivity contribution >= 4 is 0 Å². The van der Waals surface area contributed by atoms with Crippen LogP contribution in [0.3, 0.4) is 0 Å². The van der Waals surface area contributed by atoms with E-state index in [1.165, 1.54) is 18.4 Å². The molecule has 1 heterocycles. The molecule has 1 rings (SSSR count). The highest BCUT2D eigenvalue weighted by atomic mass is 16.5. The van der Waals surface area contributed by atoms with E-state index in [0.29, 0.717) is 12.2 Å². The highest BCUT2D eigenvalue weighted by Gasteiger charge is 2.19. The fourth-order valence-corrected chi connectivity index (χ4v) is 1.81. The predicted octanol–water partition coefficient (Wildman–Crippen LogP) is 2.50. The SMILES string of the molecule is CCNC/C(=C/C1CCC(C)O1)CC. The summed E-state index contributed by atoms with van der Waals surface area (Å²) in [4.78, 5) is 0. The Kier molecular flexibility index (Phi) is 5.20. The Labute approximate surface area is 87.7 Å². The largest absolute Gasteiger partial charge is 0.371 e. The molecular formula is C12H23NO. The molecule has 1 fully saturated rings. The van der Waals surface area contributed by atoms with Gasteiger partial charge in [-0.3, -0.25) is 0 Å². The van der Waals surface area contributed by atoms with Crippen molar-refractivity contribution in [3.63, 3.8) is 0 Å². The highest BCUT2D eigenvalue weighted by Crippen LogP contribution is 2.21. The quantitative estimate of drug-likeness (QED) is 0.684. The maximum atomic E-state index is 5.77. The van der Waals surface area contributed by atoms with Gasteiger partial charge in [-0.2, -0.15) is 0 Å². The second-order valence-corrected chi connectivity index (χ2v) is 4.02. The summed E-state index contributed by atoms with van der Waals surface area (Å²) in [5.41, 5.74) is 1.48. The van der Waals surface area contributed by atoms with Crippen molar-refractivity contribution in [1.29, 1.82) is 0 Å². The van der Waals surface area contributed by atoms with E-state index in [-0.39, 0.29) is 0 Å². The molecule has 2 heteroatoms. The van der Waals surface area contributed by atoms with Crippen LogP contribution in [0.1, 0.15) is 40.0 Å². The van der Waals surface area contributed by atoms with Crippen molar-refractivity contribution in [1.82, 2.24) is 5.32 Å². The lowest BCUT2D eigenvalue weighted by Crippen LogP contribution is -2.17. The third kappa shape index (κ3) is 3.81. The number of rotatable bonds is 5. The zero-order valence-corrected chi connectivity index (χ0v) is 9.68. The van der Waals surface area contributed by atoms with Crippen LogP contribution in [0, 0.1) is 0 Å². The van der Waals surface area contributed by atoms with Crippen LogP contribution in [-0.2, 0) is 4.74 Å². The Morgan fingerprint density at radius 2 is 2.21 bits per heavy atom. The number of hydrogen-bond donors (Lipinski definition) is 1. The van der Waals surface area contributed by atoms with E-state index in [2.05, 4.69) is 32.2 Å². The number of hydrogen-bond acceptors (Lipinski definition) is 2. The summed E-state index contributed by atoms with van der Waals surface area (Å²) < 4.78 is 5.77. The normalized spacial score (nSPS) is 28.4. The Morgan fingerprint density at radius 1 is 1.43 bits per heavy atom. The highest BCUT2D eigenvalue weighted by molar-refractivity contribution is 5.07. The molecule has 0 aromatic rings. The fourth-order valence-electron chi connectivity index (χ4n) is 1.81. The van der Waals surface area contributed by atoms with Crippen molar-refractivity contribution < 1.29 is 4.74 Å². The summed E-state index contributed by atoms with van der Waals surface area (Å²) in [7, 11) is 0. The molecule has 2 nitrogen and oxygen atoms in total. The maximum absolute atomic E-state index is 5.77. The van der Waals surface area contributed by atoms with Gasteiger partial charge in [0.15, 0.2) is 0 Å². The van der Waals surface area contributed by atoms with Crippen LogP contribution >= 0.6 is 0 Å². The lowest BCUT2D eigenvalue weighted by Gasteiger charge is -2.10. The Bertz CT molecular complexity index is 189. The third-order valence-corrected chi connectivity index (χ3v) is 2.74. The van der Waals surface area contributed by atoms with Gasteiger partial charge in [-0.05, 0) is 32.7 Å². The van der Waals surface area contributed by atoms with Gasteiger partial charge >= 0.3 is 0 Å². The van der Waals surface area contributed by atoms with Crippen LogP contribution in [0.2, 0.25) is 0 Å². The Hall–Kier alpha value is -0.340. The Balaban J connectivity index is 2.38. The molecular weight excluding hydrogens is 174 g/mol. The zero-order valence-electron chi connectivity index (χ0n) is 9.68. The number of nitrogens with one attached hydrogen (secondary N) is 1. The lowest BCUT2D eigenvalue weighted by molar-refractivity contribution is 0.0827. The van der Waals surface area contributed by atoms with Crippen molar-refractivity contribution in [3.05, 3.63) is 11.6 Å². The van der Waals surface area contributed by atoms with E-state index in [4.69, 9.17) is 4.74 Å². The molecule has 82 valence electrons. The van der Waals surface area contributed by atoms with Crippen LogP contribution in [0.15, 0.2) is 11.6 Å². The zero-order chi connectivity index (χ0) is 10.4. The van der Waals surface area contributed by atoms with E-state index < -0.39 is 0 Å². The number of likely N-dealkylation sites (N-methyl/N-ethyl adjacent to an activating group) is 1. The molecule has 0 bridgehead atoms. The average molecular weight is 197 g/mol. The van der Waals surface area contributed by atoms with Gasteiger partial charge in [-0.15, -0.1) is 0 Å². The van der Waals surface area contributed by atoms with Gasteiger partial charge in [-0.25, -0.2) is 0 Å². The van der Waals surface area contributed by atoms with Gasteiger partial charge in [-0.1, -0.05) is 25.5 Å². The first-order valence-corrected chi connectivity index (χ1v) is 5.82. The summed E-state index contributed by atoms with van der Waals surface area (Å²) in [5, 5.41) is 3.36. The molecule has 0 aromatic carbocycles. The summed E-state index contributed by atoms with van der Waals surface area (Å²) in [5.74, 6) is 0. The standard InChI is InChI=1S/C12H23NO/c1-4-11(9-13-5-2)8-12-7-6-10(3)14-12/h8,10,12-13H,4-7,9H2,1-3H3/b11-8+. The molecule has 0 aromatic heterocycles. The molecule has 0 radical (unpaired) electrons. The second kappa shape index (κ2) is 6.20. The predicted molar refractivity (Wildman–Crippen MR) is 60.5 cm³/mol. The first-order valence-electron chi connectivity index (χ1n) is 5.82. The van der Waals surface area contributed by atoms with Crippen LogP contribution in [0.25, 0.3) is 0 Å². The minimum Gasteiger partial charge on any atom is -0.371 e. The maximum Gasteiger partial charge on any atom is 0.0763 e. The van der Waals surface area contributed by atoms with Crippen LogP contribution in [0.4, 0.5) is 0 Å².